The molecule has 0 aliphatic heterocycles. The molecule has 0 saturated carbocycles. The van der Waals surface area contributed by atoms with Gasteiger partial charge in [-0.15, -0.1) is 0 Å². The monoisotopic (exact) mass is 401 g/mol. The number of hydrogen-bond donors (Lipinski definition) is 1. The van der Waals surface area contributed by atoms with Gasteiger partial charge in [0.2, 0.25) is 0 Å². The van der Waals surface area contributed by atoms with Gasteiger partial charge < -0.3 is 10.1 Å². The number of hydrogen-bond acceptors (Lipinski definition) is 3. The van der Waals surface area contributed by atoms with Crippen molar-refractivity contribution in [3.8, 4) is 5.75 Å². The Morgan fingerprint density at radius 1 is 1.21 bits per heavy atom. The Balaban J connectivity index is 2.01. The fourth-order valence-corrected chi connectivity index (χ4v) is 2.24. The van der Waals surface area contributed by atoms with E-state index in [9.17, 15) is 22.8 Å². The van der Waals surface area contributed by atoms with E-state index in [2.05, 4.69) is 21.2 Å². The molecule has 0 spiro atoms. The number of rotatable bonds is 5. The zero-order chi connectivity index (χ0) is 17.7. The van der Waals surface area contributed by atoms with Crippen molar-refractivity contribution in [2.45, 2.75) is 6.18 Å². The number of benzene rings is 2. The molecule has 0 aliphatic carbocycles. The van der Waals surface area contributed by atoms with Crippen molar-refractivity contribution in [3.63, 3.8) is 0 Å². The van der Waals surface area contributed by atoms with Crippen LogP contribution in [0.1, 0.15) is 15.9 Å². The smallest absolute Gasteiger partial charge is 0.416 e. The van der Waals surface area contributed by atoms with Crippen molar-refractivity contribution >= 4 is 33.8 Å². The van der Waals surface area contributed by atoms with E-state index in [1.165, 1.54) is 24.3 Å². The Kier molecular flexibility index (Phi) is 5.61. The largest absolute Gasteiger partial charge is 0.483 e. The van der Waals surface area contributed by atoms with E-state index in [1.54, 1.807) is 6.07 Å². The molecule has 2 aromatic carbocycles. The second-order valence-corrected chi connectivity index (χ2v) is 5.63. The summed E-state index contributed by atoms with van der Waals surface area (Å²) in [5.74, 6) is -0.443. The maximum Gasteiger partial charge on any atom is 0.416 e. The number of carbonyl (C=O) groups is 2. The van der Waals surface area contributed by atoms with E-state index in [1.807, 2.05) is 0 Å². The van der Waals surface area contributed by atoms with E-state index >= 15 is 0 Å². The number of aldehydes is 1. The van der Waals surface area contributed by atoms with E-state index in [0.717, 1.165) is 12.1 Å². The van der Waals surface area contributed by atoms with Gasteiger partial charge >= 0.3 is 6.18 Å². The molecule has 1 N–H and O–H groups in total. The van der Waals surface area contributed by atoms with Gasteiger partial charge in [-0.1, -0.05) is 22.0 Å². The lowest BCUT2D eigenvalue weighted by molar-refractivity contribution is -0.137. The zero-order valence-corrected chi connectivity index (χ0v) is 13.6. The first-order valence-electron chi connectivity index (χ1n) is 6.64. The van der Waals surface area contributed by atoms with Crippen molar-refractivity contribution in [2.24, 2.45) is 0 Å². The molecule has 0 atom stereocenters. The number of halogens is 4. The summed E-state index contributed by atoms with van der Waals surface area (Å²) < 4.78 is 43.7. The van der Waals surface area contributed by atoms with Gasteiger partial charge in [-0.25, -0.2) is 0 Å². The Morgan fingerprint density at radius 2 is 1.96 bits per heavy atom. The van der Waals surface area contributed by atoms with Crippen LogP contribution in [0.4, 0.5) is 18.9 Å². The van der Waals surface area contributed by atoms with Gasteiger partial charge in [0.1, 0.15) is 5.75 Å². The first kappa shape index (κ1) is 18.0. The predicted octanol–water partition coefficient (Wildman–Crippen LogP) is 4.30. The Labute approximate surface area is 143 Å². The Morgan fingerprint density at radius 3 is 2.62 bits per heavy atom. The van der Waals surface area contributed by atoms with Crippen molar-refractivity contribution in [1.82, 2.24) is 0 Å². The molecule has 0 unspecified atom stereocenters. The number of nitrogens with one attached hydrogen (secondary N) is 1. The average molecular weight is 402 g/mol. The van der Waals surface area contributed by atoms with Crippen LogP contribution in [0.2, 0.25) is 0 Å². The molecular weight excluding hydrogens is 391 g/mol. The highest BCUT2D eigenvalue weighted by Crippen LogP contribution is 2.30. The SMILES string of the molecule is O=Cc1cc(Br)ccc1OCC(=O)Nc1cccc(C(F)(F)F)c1. The molecule has 24 heavy (non-hydrogen) atoms. The third kappa shape index (κ3) is 4.82. The lowest BCUT2D eigenvalue weighted by Gasteiger charge is -2.11. The van der Waals surface area contributed by atoms with Crippen LogP contribution in [0.15, 0.2) is 46.9 Å². The molecule has 0 bridgehead atoms. The highest BCUT2D eigenvalue weighted by Gasteiger charge is 2.30. The quantitative estimate of drug-likeness (QED) is 0.759. The molecule has 1 amide bonds. The molecule has 0 fully saturated rings. The second-order valence-electron chi connectivity index (χ2n) is 4.72. The lowest BCUT2D eigenvalue weighted by atomic mass is 10.2. The molecule has 126 valence electrons. The number of amides is 1. The molecule has 4 nitrogen and oxygen atoms in total. The summed E-state index contributed by atoms with van der Waals surface area (Å²) in [4.78, 5) is 22.7. The molecule has 0 saturated heterocycles. The van der Waals surface area contributed by atoms with Gasteiger partial charge in [-0.2, -0.15) is 13.2 Å². The maximum atomic E-state index is 12.6. The number of alkyl halides is 3. The molecule has 0 aliphatic rings. The zero-order valence-electron chi connectivity index (χ0n) is 12.1. The van der Waals surface area contributed by atoms with Crippen molar-refractivity contribution in [1.29, 1.82) is 0 Å². The van der Waals surface area contributed by atoms with Gasteiger partial charge in [0.15, 0.2) is 12.9 Å². The van der Waals surface area contributed by atoms with E-state index in [-0.39, 0.29) is 17.0 Å². The van der Waals surface area contributed by atoms with Crippen LogP contribution in [0.25, 0.3) is 0 Å². The molecule has 2 rings (SSSR count). The summed E-state index contributed by atoms with van der Waals surface area (Å²) in [5, 5.41) is 2.31. The standard InChI is InChI=1S/C16H11BrF3NO3/c17-12-4-5-14(10(6-12)8-22)24-9-15(23)21-13-3-1-2-11(7-13)16(18,19)20/h1-8H,9H2,(H,21,23). The minimum atomic E-state index is -4.49. The van der Waals surface area contributed by atoms with Crippen molar-refractivity contribution in [3.05, 3.63) is 58.1 Å². The van der Waals surface area contributed by atoms with Crippen LogP contribution in [0.5, 0.6) is 5.75 Å². The Hall–Kier alpha value is -2.35. The fraction of sp³-hybridized carbons (Fsp3) is 0.125. The molecular formula is C16H11BrF3NO3. The van der Waals surface area contributed by atoms with Gasteiger partial charge in [0, 0.05) is 10.2 Å². The number of ether oxygens (including phenoxy) is 1. The second kappa shape index (κ2) is 7.48. The minimum absolute atomic E-state index is 0.00448. The van der Waals surface area contributed by atoms with Crippen LogP contribution in [-0.2, 0) is 11.0 Å². The van der Waals surface area contributed by atoms with Crippen molar-refractivity contribution < 1.29 is 27.5 Å². The summed E-state index contributed by atoms with van der Waals surface area (Å²) in [6.07, 6.45) is -3.92. The molecule has 2 aromatic rings. The summed E-state index contributed by atoms with van der Waals surface area (Å²) >= 11 is 3.20. The molecule has 8 heteroatoms. The van der Waals surface area contributed by atoms with Crippen molar-refractivity contribution in [2.75, 3.05) is 11.9 Å². The number of anilines is 1. The molecule has 0 radical (unpaired) electrons. The average Bonchev–Trinajstić information content (AvgIpc) is 2.53. The van der Waals surface area contributed by atoms with Gasteiger partial charge in [0.05, 0.1) is 11.1 Å². The van der Waals surface area contributed by atoms with Gasteiger partial charge in [-0.05, 0) is 36.4 Å². The van der Waals surface area contributed by atoms with Gasteiger partial charge in [-0.3, -0.25) is 9.59 Å². The summed E-state index contributed by atoms with van der Waals surface area (Å²) in [6, 6.07) is 8.92. The van der Waals surface area contributed by atoms with Crippen LogP contribution < -0.4 is 10.1 Å². The summed E-state index contributed by atoms with van der Waals surface area (Å²) in [6.45, 7) is -0.446. The van der Waals surface area contributed by atoms with E-state index in [0.29, 0.717) is 10.8 Å². The predicted molar refractivity (Wildman–Crippen MR) is 85.1 cm³/mol. The van der Waals surface area contributed by atoms with Gasteiger partial charge in [0.25, 0.3) is 5.91 Å². The Bertz CT molecular complexity index is 762. The first-order chi connectivity index (χ1) is 11.3. The maximum absolute atomic E-state index is 12.6. The minimum Gasteiger partial charge on any atom is -0.483 e. The van der Waals surface area contributed by atoms with Crippen LogP contribution in [0, 0.1) is 0 Å². The number of carbonyl (C=O) groups excluding carboxylic acids is 2. The topological polar surface area (TPSA) is 55.4 Å². The van der Waals surface area contributed by atoms with Crippen LogP contribution in [-0.4, -0.2) is 18.8 Å². The summed E-state index contributed by atoms with van der Waals surface area (Å²) in [5.41, 5.74) is -0.613. The molecule has 0 heterocycles. The first-order valence-corrected chi connectivity index (χ1v) is 7.43. The van der Waals surface area contributed by atoms with Crippen LogP contribution >= 0.6 is 15.9 Å². The van der Waals surface area contributed by atoms with Crippen LogP contribution in [0.3, 0.4) is 0 Å². The third-order valence-corrected chi connectivity index (χ3v) is 3.42. The van der Waals surface area contributed by atoms with E-state index in [4.69, 9.17) is 4.74 Å². The van der Waals surface area contributed by atoms with E-state index < -0.39 is 24.3 Å². The molecule has 0 aromatic heterocycles. The lowest BCUT2D eigenvalue weighted by Crippen LogP contribution is -2.20. The highest BCUT2D eigenvalue weighted by molar-refractivity contribution is 9.10. The fourth-order valence-electron chi connectivity index (χ4n) is 1.86. The summed E-state index contributed by atoms with van der Waals surface area (Å²) in [7, 11) is 0. The normalized spacial score (nSPS) is 11.0. The highest BCUT2D eigenvalue weighted by atomic mass is 79.9. The third-order valence-electron chi connectivity index (χ3n) is 2.93.